The molecular weight excluding hydrogens is 380 g/mol. The Kier molecular flexibility index (Phi) is 6.10. The molecule has 0 aliphatic heterocycles. The minimum atomic E-state index is -1.64. The maximum Gasteiger partial charge on any atom is 0.191 e. The molecule has 2 aromatic rings. The Bertz CT molecular complexity index is 689. The van der Waals surface area contributed by atoms with Crippen LogP contribution in [0.4, 0.5) is 0 Å². The highest BCUT2D eigenvalue weighted by molar-refractivity contribution is 9.10. The first-order valence-electron chi connectivity index (χ1n) is 8.54. The maximum absolute atomic E-state index is 6.23. The average molecular weight is 409 g/mol. The van der Waals surface area contributed by atoms with Crippen molar-refractivity contribution in [2.24, 2.45) is 0 Å². The van der Waals surface area contributed by atoms with Crippen molar-refractivity contribution in [3.05, 3.63) is 40.5 Å². The molecule has 0 N–H and O–H groups in total. The van der Waals surface area contributed by atoms with E-state index in [1.807, 2.05) is 4.68 Å². The van der Waals surface area contributed by atoms with Crippen LogP contribution in [0.25, 0.3) is 11.3 Å². The quantitative estimate of drug-likeness (QED) is 0.430. The molecule has 0 radical (unpaired) electrons. The molecule has 0 aliphatic carbocycles. The van der Waals surface area contributed by atoms with E-state index in [2.05, 4.69) is 87.2 Å². The Morgan fingerprint density at radius 1 is 1.21 bits per heavy atom. The van der Waals surface area contributed by atoms with Crippen molar-refractivity contribution in [3.8, 4) is 11.3 Å². The van der Waals surface area contributed by atoms with Crippen molar-refractivity contribution in [2.75, 3.05) is 6.61 Å². The standard InChI is InChI=1S/C19H29BrN2OSi/c1-15-8-9-17(20)16(14-15)18-10-12-22(21-18)11-7-13-23-24(5,6)19(2,3)4/h8-10,12,14H,7,11,13H2,1-6H3. The highest BCUT2D eigenvalue weighted by Gasteiger charge is 2.36. The number of aromatic nitrogens is 2. The first-order chi connectivity index (χ1) is 11.1. The van der Waals surface area contributed by atoms with Crippen LogP contribution in [0.3, 0.4) is 0 Å². The van der Waals surface area contributed by atoms with Crippen molar-refractivity contribution in [2.45, 2.75) is 58.8 Å². The van der Waals surface area contributed by atoms with Crippen LogP contribution in [-0.4, -0.2) is 24.7 Å². The molecule has 2 rings (SSSR count). The van der Waals surface area contributed by atoms with Crippen LogP contribution in [0.2, 0.25) is 18.1 Å². The zero-order valence-corrected chi connectivity index (χ0v) is 18.3. The Labute approximate surface area is 155 Å². The van der Waals surface area contributed by atoms with E-state index in [0.717, 1.165) is 35.3 Å². The van der Waals surface area contributed by atoms with Gasteiger partial charge < -0.3 is 4.43 Å². The predicted octanol–water partition coefficient (Wildman–Crippen LogP) is 6.03. The number of hydrogen-bond donors (Lipinski definition) is 0. The molecule has 132 valence electrons. The lowest BCUT2D eigenvalue weighted by Crippen LogP contribution is -2.41. The number of hydrogen-bond acceptors (Lipinski definition) is 2. The third-order valence-corrected chi connectivity index (χ3v) is 10.1. The summed E-state index contributed by atoms with van der Waals surface area (Å²) in [6.45, 7) is 15.2. The predicted molar refractivity (Wildman–Crippen MR) is 108 cm³/mol. The van der Waals surface area contributed by atoms with E-state index in [9.17, 15) is 0 Å². The van der Waals surface area contributed by atoms with Gasteiger partial charge in [-0.15, -0.1) is 0 Å². The van der Waals surface area contributed by atoms with E-state index < -0.39 is 8.32 Å². The first-order valence-corrected chi connectivity index (χ1v) is 12.2. The molecule has 0 amide bonds. The van der Waals surface area contributed by atoms with Gasteiger partial charge in [-0.2, -0.15) is 5.10 Å². The smallest absolute Gasteiger partial charge is 0.191 e. The van der Waals surface area contributed by atoms with Gasteiger partial charge in [0.25, 0.3) is 0 Å². The topological polar surface area (TPSA) is 27.1 Å². The van der Waals surface area contributed by atoms with Crippen LogP contribution in [0, 0.1) is 6.92 Å². The van der Waals surface area contributed by atoms with E-state index in [1.54, 1.807) is 0 Å². The Morgan fingerprint density at radius 2 is 1.92 bits per heavy atom. The minimum absolute atomic E-state index is 0.267. The third kappa shape index (κ3) is 4.80. The number of benzene rings is 1. The van der Waals surface area contributed by atoms with Crippen molar-refractivity contribution < 1.29 is 4.43 Å². The second-order valence-electron chi connectivity index (χ2n) is 7.91. The molecule has 0 saturated heterocycles. The van der Waals surface area contributed by atoms with E-state index >= 15 is 0 Å². The van der Waals surface area contributed by atoms with Crippen LogP contribution in [0.15, 0.2) is 34.9 Å². The van der Waals surface area contributed by atoms with Gasteiger partial charge in [-0.3, -0.25) is 4.68 Å². The molecular formula is C19H29BrN2OSi. The van der Waals surface area contributed by atoms with Crippen molar-refractivity contribution in [3.63, 3.8) is 0 Å². The summed E-state index contributed by atoms with van der Waals surface area (Å²) in [5.41, 5.74) is 3.40. The molecule has 0 atom stereocenters. The lowest BCUT2D eigenvalue weighted by Gasteiger charge is -2.36. The molecule has 1 aromatic heterocycles. The number of halogens is 1. The van der Waals surface area contributed by atoms with E-state index in [0.29, 0.717) is 0 Å². The summed E-state index contributed by atoms with van der Waals surface area (Å²) in [6, 6.07) is 8.42. The Balaban J connectivity index is 1.92. The normalized spacial score (nSPS) is 12.6. The molecule has 0 saturated carbocycles. The summed E-state index contributed by atoms with van der Waals surface area (Å²) in [6.07, 6.45) is 3.04. The largest absolute Gasteiger partial charge is 0.417 e. The number of aryl methyl sites for hydroxylation is 2. The van der Waals surface area contributed by atoms with Gasteiger partial charge in [-0.05, 0) is 49.7 Å². The van der Waals surface area contributed by atoms with Gasteiger partial charge in [0.05, 0.1) is 5.69 Å². The lowest BCUT2D eigenvalue weighted by atomic mass is 10.1. The minimum Gasteiger partial charge on any atom is -0.417 e. The fraction of sp³-hybridized carbons (Fsp3) is 0.526. The van der Waals surface area contributed by atoms with Crippen molar-refractivity contribution in [1.29, 1.82) is 0 Å². The molecule has 0 fully saturated rings. The molecule has 5 heteroatoms. The van der Waals surface area contributed by atoms with Gasteiger partial charge in [-0.1, -0.05) is 48.3 Å². The lowest BCUT2D eigenvalue weighted by molar-refractivity contribution is 0.272. The van der Waals surface area contributed by atoms with E-state index in [-0.39, 0.29) is 5.04 Å². The van der Waals surface area contributed by atoms with Crippen LogP contribution in [0.5, 0.6) is 0 Å². The molecule has 24 heavy (non-hydrogen) atoms. The van der Waals surface area contributed by atoms with Crippen LogP contribution in [-0.2, 0) is 11.0 Å². The zero-order chi connectivity index (χ0) is 18.0. The zero-order valence-electron chi connectivity index (χ0n) is 15.7. The summed E-state index contributed by atoms with van der Waals surface area (Å²) in [5, 5.41) is 4.97. The second kappa shape index (κ2) is 7.54. The highest BCUT2D eigenvalue weighted by Crippen LogP contribution is 2.36. The molecule has 3 nitrogen and oxygen atoms in total. The number of rotatable bonds is 6. The van der Waals surface area contributed by atoms with Crippen molar-refractivity contribution >= 4 is 24.2 Å². The van der Waals surface area contributed by atoms with E-state index in [1.165, 1.54) is 5.56 Å². The number of nitrogens with zero attached hydrogens (tertiary/aromatic N) is 2. The second-order valence-corrected chi connectivity index (χ2v) is 13.6. The van der Waals surface area contributed by atoms with Crippen LogP contribution >= 0.6 is 15.9 Å². The monoisotopic (exact) mass is 408 g/mol. The van der Waals surface area contributed by atoms with Crippen molar-refractivity contribution in [1.82, 2.24) is 9.78 Å². The summed E-state index contributed by atoms with van der Waals surface area (Å²) < 4.78 is 9.33. The molecule has 0 bridgehead atoms. The molecule has 0 spiro atoms. The Hall–Kier alpha value is -0.913. The van der Waals surface area contributed by atoms with Crippen LogP contribution < -0.4 is 0 Å². The fourth-order valence-corrected chi connectivity index (χ4v) is 3.77. The molecule has 0 aliphatic rings. The SMILES string of the molecule is Cc1ccc(Br)c(-c2ccn(CCCO[Si](C)(C)C(C)(C)C)n2)c1. The van der Waals surface area contributed by atoms with Crippen LogP contribution in [0.1, 0.15) is 32.8 Å². The summed E-state index contributed by atoms with van der Waals surface area (Å²) in [4.78, 5) is 0. The molecule has 1 heterocycles. The molecule has 1 aromatic carbocycles. The average Bonchev–Trinajstić information content (AvgIpc) is 2.93. The maximum atomic E-state index is 6.23. The van der Waals surface area contributed by atoms with Gasteiger partial charge in [0, 0.05) is 29.4 Å². The Morgan fingerprint density at radius 3 is 2.58 bits per heavy atom. The summed E-state index contributed by atoms with van der Waals surface area (Å²) in [7, 11) is -1.64. The highest BCUT2D eigenvalue weighted by atomic mass is 79.9. The van der Waals surface area contributed by atoms with Gasteiger partial charge in [0.15, 0.2) is 8.32 Å². The first kappa shape index (κ1) is 19.4. The molecule has 0 unspecified atom stereocenters. The van der Waals surface area contributed by atoms with Gasteiger partial charge in [0.1, 0.15) is 0 Å². The third-order valence-electron chi connectivity index (χ3n) is 4.84. The summed E-state index contributed by atoms with van der Waals surface area (Å²) in [5.74, 6) is 0. The van der Waals surface area contributed by atoms with Gasteiger partial charge >= 0.3 is 0 Å². The fourth-order valence-electron chi connectivity index (χ4n) is 2.24. The van der Waals surface area contributed by atoms with Gasteiger partial charge in [0.2, 0.25) is 0 Å². The summed E-state index contributed by atoms with van der Waals surface area (Å²) >= 11 is 3.62. The van der Waals surface area contributed by atoms with Gasteiger partial charge in [-0.25, -0.2) is 0 Å². The van der Waals surface area contributed by atoms with E-state index in [4.69, 9.17) is 9.52 Å².